The van der Waals surface area contributed by atoms with E-state index in [0.29, 0.717) is 4.57 Å². The second-order valence-electron chi connectivity index (χ2n) is 8.83. The number of rotatable bonds is 8. The minimum Gasteiger partial charge on any atom is -0.497 e. The summed E-state index contributed by atoms with van der Waals surface area (Å²) >= 11 is 0. The van der Waals surface area contributed by atoms with Crippen LogP contribution in [0, 0.1) is 11.6 Å². The summed E-state index contributed by atoms with van der Waals surface area (Å²) in [6.45, 7) is -1.51. The van der Waals surface area contributed by atoms with Crippen molar-refractivity contribution < 1.29 is 49.8 Å². The fourth-order valence-electron chi connectivity index (χ4n) is 4.46. The minimum atomic E-state index is -4.98. The van der Waals surface area contributed by atoms with Gasteiger partial charge in [0.15, 0.2) is 0 Å². The number of hydrogen-bond donors (Lipinski definition) is 1. The van der Waals surface area contributed by atoms with Gasteiger partial charge < -0.3 is 24.3 Å². The fourth-order valence-corrected chi connectivity index (χ4v) is 4.46. The molecular formula is C26H20F7N3O5. The van der Waals surface area contributed by atoms with Gasteiger partial charge in [-0.2, -0.15) is 0 Å². The third-order valence-corrected chi connectivity index (χ3v) is 6.24. The minimum absolute atomic E-state index is 0.176. The summed E-state index contributed by atoms with van der Waals surface area (Å²) in [6.07, 6.45) is -6.80. The van der Waals surface area contributed by atoms with Gasteiger partial charge in [-0.15, -0.1) is 13.2 Å². The van der Waals surface area contributed by atoms with Crippen molar-refractivity contribution >= 4 is 17.5 Å². The van der Waals surface area contributed by atoms with E-state index in [0.717, 1.165) is 53.6 Å². The molecule has 1 saturated heterocycles. The van der Waals surface area contributed by atoms with Gasteiger partial charge in [-0.3, -0.25) is 14.4 Å². The van der Waals surface area contributed by atoms with Crippen molar-refractivity contribution in [3.8, 4) is 11.5 Å². The number of nitrogens with zero attached hydrogens (tertiary/aromatic N) is 2. The molecule has 2 aromatic carbocycles. The summed E-state index contributed by atoms with van der Waals surface area (Å²) < 4.78 is 103. The highest BCUT2D eigenvalue weighted by atomic mass is 19.4. The van der Waals surface area contributed by atoms with Crippen LogP contribution >= 0.6 is 0 Å². The molecule has 1 fully saturated rings. The highest BCUT2D eigenvalue weighted by Gasteiger charge is 2.46. The quantitative estimate of drug-likeness (QED) is 0.399. The van der Waals surface area contributed by atoms with Crippen LogP contribution in [-0.4, -0.2) is 48.9 Å². The summed E-state index contributed by atoms with van der Waals surface area (Å²) in [4.78, 5) is 40.2. The lowest BCUT2D eigenvalue weighted by Crippen LogP contribution is -2.44. The van der Waals surface area contributed by atoms with Crippen LogP contribution in [0.3, 0.4) is 0 Å². The van der Waals surface area contributed by atoms with Crippen molar-refractivity contribution in [3.05, 3.63) is 87.8 Å². The molecule has 2 heterocycles. The second kappa shape index (κ2) is 11.5. The van der Waals surface area contributed by atoms with E-state index >= 15 is 8.78 Å². The number of ether oxygens (including phenoxy) is 2. The van der Waals surface area contributed by atoms with Crippen molar-refractivity contribution in [2.75, 3.05) is 18.6 Å². The Labute approximate surface area is 226 Å². The number of hydrogen-bond acceptors (Lipinski definition) is 5. The van der Waals surface area contributed by atoms with Crippen molar-refractivity contribution in [1.82, 2.24) is 9.88 Å². The Morgan fingerprint density at radius 1 is 1.05 bits per heavy atom. The predicted octanol–water partition coefficient (Wildman–Crippen LogP) is 4.23. The Hall–Kier alpha value is -4.56. The van der Waals surface area contributed by atoms with Gasteiger partial charge in [0.1, 0.15) is 34.9 Å². The molecule has 0 radical (unpaired) electrons. The molecule has 4 rings (SSSR count). The lowest BCUT2D eigenvalue weighted by molar-refractivity contribution is -0.274. The first-order chi connectivity index (χ1) is 19.3. The Kier molecular flexibility index (Phi) is 8.26. The van der Waals surface area contributed by atoms with Gasteiger partial charge in [-0.05, 0) is 36.4 Å². The van der Waals surface area contributed by atoms with E-state index in [4.69, 9.17) is 4.74 Å². The zero-order chi connectivity index (χ0) is 30.1. The molecule has 1 N–H and O–H groups in total. The topological polar surface area (TPSA) is 89.9 Å². The van der Waals surface area contributed by atoms with Gasteiger partial charge in [0, 0.05) is 41.9 Å². The maximum atomic E-state index is 15.1. The molecule has 1 aromatic heterocycles. The van der Waals surface area contributed by atoms with E-state index in [1.165, 1.54) is 13.2 Å². The van der Waals surface area contributed by atoms with Gasteiger partial charge in [0.2, 0.25) is 5.91 Å². The molecule has 1 aliphatic rings. The molecule has 2 atom stereocenters. The van der Waals surface area contributed by atoms with Crippen molar-refractivity contribution in [3.63, 3.8) is 0 Å². The number of pyridine rings is 1. The lowest BCUT2D eigenvalue weighted by atomic mass is 9.92. The monoisotopic (exact) mass is 587 g/mol. The van der Waals surface area contributed by atoms with Crippen LogP contribution in [0.15, 0.2) is 59.5 Å². The first kappa shape index (κ1) is 29.4. The first-order valence-corrected chi connectivity index (χ1v) is 11.8. The van der Waals surface area contributed by atoms with Crippen LogP contribution in [-0.2, 0) is 11.3 Å². The van der Waals surface area contributed by atoms with Crippen molar-refractivity contribution in [2.24, 2.45) is 0 Å². The number of carbonyl (C=O) groups is 2. The van der Waals surface area contributed by atoms with Gasteiger partial charge in [0.05, 0.1) is 13.7 Å². The van der Waals surface area contributed by atoms with Gasteiger partial charge in [0.25, 0.3) is 17.9 Å². The van der Waals surface area contributed by atoms with Crippen LogP contribution in [0.5, 0.6) is 11.5 Å². The number of halogens is 7. The molecule has 41 heavy (non-hydrogen) atoms. The molecule has 0 spiro atoms. The first-order valence-electron chi connectivity index (χ1n) is 11.8. The van der Waals surface area contributed by atoms with Crippen LogP contribution in [0.4, 0.5) is 36.4 Å². The van der Waals surface area contributed by atoms with Crippen molar-refractivity contribution in [1.29, 1.82) is 0 Å². The number of carbonyl (C=O) groups excluding carboxylic acids is 2. The van der Waals surface area contributed by atoms with E-state index in [-0.39, 0.29) is 17.0 Å². The summed E-state index contributed by atoms with van der Waals surface area (Å²) in [5, 5.41) is 2.32. The molecule has 8 nitrogen and oxygen atoms in total. The third kappa shape index (κ3) is 6.44. The molecule has 0 bridgehead atoms. The second-order valence-corrected chi connectivity index (χ2v) is 8.83. The van der Waals surface area contributed by atoms with Crippen LogP contribution in [0.25, 0.3) is 0 Å². The maximum Gasteiger partial charge on any atom is 0.573 e. The van der Waals surface area contributed by atoms with Crippen LogP contribution in [0.1, 0.15) is 21.8 Å². The third-order valence-electron chi connectivity index (χ3n) is 6.24. The molecule has 0 saturated carbocycles. The van der Waals surface area contributed by atoms with Gasteiger partial charge in [-0.25, -0.2) is 17.6 Å². The normalized spacial score (nSPS) is 17.2. The average molecular weight is 587 g/mol. The van der Waals surface area contributed by atoms with Crippen molar-refractivity contribution in [2.45, 2.75) is 31.3 Å². The van der Waals surface area contributed by atoms with E-state index in [2.05, 4.69) is 10.1 Å². The number of anilines is 1. The molecule has 15 heteroatoms. The smallest absolute Gasteiger partial charge is 0.497 e. The summed E-state index contributed by atoms with van der Waals surface area (Å²) in [7, 11) is 1.17. The summed E-state index contributed by atoms with van der Waals surface area (Å²) in [6, 6.07) is 6.05. The molecule has 0 aliphatic carbocycles. The molecule has 1 aliphatic heterocycles. The average Bonchev–Trinajstić information content (AvgIpc) is 3.19. The zero-order valence-corrected chi connectivity index (χ0v) is 20.9. The largest absolute Gasteiger partial charge is 0.573 e. The highest BCUT2D eigenvalue weighted by molar-refractivity contribution is 6.05. The Morgan fingerprint density at radius 2 is 1.68 bits per heavy atom. The zero-order valence-electron chi connectivity index (χ0n) is 20.9. The van der Waals surface area contributed by atoms with Crippen LogP contribution in [0.2, 0.25) is 0 Å². The lowest BCUT2D eigenvalue weighted by Gasteiger charge is -2.20. The summed E-state index contributed by atoms with van der Waals surface area (Å²) in [5.74, 6) is -6.46. The van der Waals surface area contributed by atoms with E-state index in [9.17, 15) is 36.3 Å². The SMILES string of the molecule is COc1cc(F)c([C@@H]2CN(c3cccn(CC(F)F)c3=O)C(=O)C2NC(=O)c2ccc(OC(F)(F)F)cc2)c(F)c1. The highest BCUT2D eigenvalue weighted by Crippen LogP contribution is 2.36. The number of amides is 2. The Morgan fingerprint density at radius 3 is 2.24 bits per heavy atom. The van der Waals surface area contributed by atoms with Gasteiger partial charge >= 0.3 is 6.36 Å². The number of aromatic nitrogens is 1. The fraction of sp³-hybridized carbons (Fsp3) is 0.269. The Bertz CT molecular complexity index is 1490. The molecule has 2 amide bonds. The number of alkyl halides is 5. The van der Waals surface area contributed by atoms with E-state index in [1.54, 1.807) is 0 Å². The summed E-state index contributed by atoms with van der Waals surface area (Å²) in [5.41, 5.74) is -2.20. The van der Waals surface area contributed by atoms with Gasteiger partial charge in [-0.1, -0.05) is 0 Å². The van der Waals surface area contributed by atoms with E-state index in [1.807, 2.05) is 0 Å². The number of methoxy groups -OCH3 is 1. The molecular weight excluding hydrogens is 567 g/mol. The molecule has 218 valence electrons. The number of benzene rings is 2. The molecule has 1 unspecified atom stereocenters. The standard InChI is InChI=1S/C26H20F7N3O5/c1-40-15-9-17(27)21(18(28)10-15)16-11-36(19-3-2-8-35(24(19)38)12-20(29)30)25(39)22(16)34-23(37)13-4-6-14(7-5-13)41-26(31,32)33/h2-10,16,20,22H,11-12H2,1H3,(H,34,37)/t16-,22?/m0/s1. The van der Waals surface area contributed by atoms with Crippen LogP contribution < -0.4 is 25.2 Å². The Balaban J connectivity index is 1.71. The predicted molar refractivity (Wildman–Crippen MR) is 129 cm³/mol. The molecule has 3 aromatic rings. The maximum absolute atomic E-state index is 15.1. The van der Waals surface area contributed by atoms with E-state index < -0.39 is 78.2 Å². The number of nitrogens with one attached hydrogen (secondary N) is 1.